The predicted octanol–water partition coefficient (Wildman–Crippen LogP) is 4.82. The SMILES string of the molecule is CN=C(NCc1ccccc1OCc1ccccc1)NCc1sc(C)nc1C.I. The fourth-order valence-corrected chi connectivity index (χ4v) is 3.70. The van der Waals surface area contributed by atoms with Crippen LogP contribution in [0.5, 0.6) is 5.75 Å². The first-order chi connectivity index (χ1) is 13.7. The van der Waals surface area contributed by atoms with Gasteiger partial charge in [0.25, 0.3) is 0 Å². The summed E-state index contributed by atoms with van der Waals surface area (Å²) in [6.45, 7) is 5.96. The number of hydrogen-bond acceptors (Lipinski definition) is 4. The number of nitrogens with one attached hydrogen (secondary N) is 2. The van der Waals surface area contributed by atoms with Gasteiger partial charge in [0.2, 0.25) is 0 Å². The number of halogens is 1. The highest BCUT2D eigenvalue weighted by molar-refractivity contribution is 14.0. The van der Waals surface area contributed by atoms with E-state index >= 15 is 0 Å². The molecule has 29 heavy (non-hydrogen) atoms. The lowest BCUT2D eigenvalue weighted by Gasteiger charge is -2.15. The quantitative estimate of drug-likeness (QED) is 0.266. The Morgan fingerprint density at radius 3 is 2.38 bits per heavy atom. The van der Waals surface area contributed by atoms with E-state index in [1.165, 1.54) is 4.88 Å². The molecule has 3 rings (SSSR count). The number of rotatable bonds is 7. The number of para-hydroxylation sites is 1. The molecule has 0 aliphatic rings. The van der Waals surface area contributed by atoms with Gasteiger partial charge >= 0.3 is 0 Å². The van der Waals surface area contributed by atoms with Crippen molar-refractivity contribution in [3.8, 4) is 5.75 Å². The van der Waals surface area contributed by atoms with Crippen LogP contribution < -0.4 is 15.4 Å². The number of guanidine groups is 1. The van der Waals surface area contributed by atoms with Crippen molar-refractivity contribution < 1.29 is 4.74 Å². The van der Waals surface area contributed by atoms with Crippen molar-refractivity contribution in [1.82, 2.24) is 15.6 Å². The summed E-state index contributed by atoms with van der Waals surface area (Å²) in [6.07, 6.45) is 0. The van der Waals surface area contributed by atoms with E-state index in [-0.39, 0.29) is 24.0 Å². The van der Waals surface area contributed by atoms with Crippen LogP contribution in [0.3, 0.4) is 0 Å². The lowest BCUT2D eigenvalue weighted by Crippen LogP contribution is -2.36. The van der Waals surface area contributed by atoms with Crippen LogP contribution in [0.25, 0.3) is 0 Å². The summed E-state index contributed by atoms with van der Waals surface area (Å²) >= 11 is 1.71. The molecular formula is C22H27IN4OS. The molecule has 0 amide bonds. The molecule has 2 aromatic carbocycles. The third kappa shape index (κ3) is 7.01. The highest BCUT2D eigenvalue weighted by Crippen LogP contribution is 2.19. The number of thiazole rings is 1. The Morgan fingerprint density at radius 2 is 1.69 bits per heavy atom. The number of benzene rings is 2. The number of aliphatic imine (C=N–C) groups is 1. The molecular weight excluding hydrogens is 495 g/mol. The van der Waals surface area contributed by atoms with Gasteiger partial charge in [-0.15, -0.1) is 35.3 Å². The molecule has 1 aromatic heterocycles. The van der Waals surface area contributed by atoms with Crippen LogP contribution in [-0.2, 0) is 19.7 Å². The standard InChI is InChI=1S/C22H26N4OS.HI/c1-16-21(28-17(2)26-16)14-25-22(23-3)24-13-19-11-7-8-12-20(19)27-15-18-9-5-4-6-10-18;/h4-12H,13-15H2,1-3H3,(H2,23,24,25);1H. The molecule has 0 radical (unpaired) electrons. The molecule has 5 nitrogen and oxygen atoms in total. The van der Waals surface area contributed by atoms with Gasteiger partial charge in [-0.25, -0.2) is 4.98 Å². The predicted molar refractivity (Wildman–Crippen MR) is 131 cm³/mol. The number of aryl methyl sites for hydroxylation is 2. The van der Waals surface area contributed by atoms with E-state index in [4.69, 9.17) is 4.74 Å². The monoisotopic (exact) mass is 522 g/mol. The van der Waals surface area contributed by atoms with Crippen molar-refractivity contribution in [1.29, 1.82) is 0 Å². The molecule has 0 saturated carbocycles. The zero-order valence-corrected chi connectivity index (χ0v) is 20.1. The minimum absolute atomic E-state index is 0. The Bertz CT molecular complexity index is 928. The van der Waals surface area contributed by atoms with E-state index in [0.717, 1.165) is 33.5 Å². The fourth-order valence-electron chi connectivity index (χ4n) is 2.83. The second-order valence-electron chi connectivity index (χ2n) is 6.40. The molecule has 3 aromatic rings. The molecule has 7 heteroatoms. The Morgan fingerprint density at radius 1 is 1.00 bits per heavy atom. The molecule has 154 valence electrons. The summed E-state index contributed by atoms with van der Waals surface area (Å²) in [5.41, 5.74) is 3.31. The van der Waals surface area contributed by atoms with Crippen molar-refractivity contribution in [2.24, 2.45) is 4.99 Å². The number of hydrogen-bond donors (Lipinski definition) is 2. The molecule has 0 unspecified atom stereocenters. The molecule has 2 N–H and O–H groups in total. The zero-order valence-electron chi connectivity index (χ0n) is 16.9. The molecule has 0 saturated heterocycles. The smallest absolute Gasteiger partial charge is 0.191 e. The van der Waals surface area contributed by atoms with Crippen LogP contribution in [0, 0.1) is 13.8 Å². The topological polar surface area (TPSA) is 58.5 Å². The summed E-state index contributed by atoms with van der Waals surface area (Å²) in [4.78, 5) is 10.0. The molecule has 0 aliphatic heterocycles. The van der Waals surface area contributed by atoms with E-state index in [9.17, 15) is 0 Å². The first kappa shape index (κ1) is 23.2. The van der Waals surface area contributed by atoms with Gasteiger partial charge in [-0.3, -0.25) is 4.99 Å². The first-order valence-electron chi connectivity index (χ1n) is 9.27. The second-order valence-corrected chi connectivity index (χ2v) is 7.69. The highest BCUT2D eigenvalue weighted by Gasteiger charge is 2.08. The van der Waals surface area contributed by atoms with Gasteiger partial charge in [-0.2, -0.15) is 0 Å². The van der Waals surface area contributed by atoms with Crippen LogP contribution in [-0.4, -0.2) is 18.0 Å². The Hall–Kier alpha value is -2.13. The van der Waals surface area contributed by atoms with Crippen LogP contribution in [0.2, 0.25) is 0 Å². The normalized spacial score (nSPS) is 10.9. The summed E-state index contributed by atoms with van der Waals surface area (Å²) < 4.78 is 6.03. The van der Waals surface area contributed by atoms with E-state index in [2.05, 4.69) is 38.8 Å². The number of ether oxygens (including phenoxy) is 1. The largest absolute Gasteiger partial charge is 0.489 e. The third-order valence-electron chi connectivity index (χ3n) is 4.30. The van der Waals surface area contributed by atoms with Gasteiger partial charge in [0, 0.05) is 24.0 Å². The maximum Gasteiger partial charge on any atom is 0.191 e. The van der Waals surface area contributed by atoms with Gasteiger partial charge in [0.1, 0.15) is 12.4 Å². The second kappa shape index (κ2) is 11.8. The summed E-state index contributed by atoms with van der Waals surface area (Å²) in [5.74, 6) is 1.63. The van der Waals surface area contributed by atoms with Gasteiger partial charge in [0.15, 0.2) is 5.96 Å². The minimum Gasteiger partial charge on any atom is -0.489 e. The minimum atomic E-state index is 0. The number of nitrogens with zero attached hydrogens (tertiary/aromatic N) is 2. The van der Waals surface area contributed by atoms with E-state index in [1.807, 2.05) is 50.2 Å². The lowest BCUT2D eigenvalue weighted by atomic mass is 10.2. The molecule has 1 heterocycles. The zero-order chi connectivity index (χ0) is 19.8. The van der Waals surface area contributed by atoms with Gasteiger partial charge in [-0.05, 0) is 25.5 Å². The maximum absolute atomic E-state index is 6.03. The summed E-state index contributed by atoms with van der Waals surface area (Å²) in [6, 6.07) is 18.3. The molecule has 0 spiro atoms. The molecule has 0 aliphatic carbocycles. The van der Waals surface area contributed by atoms with Crippen LogP contribution >= 0.6 is 35.3 Å². The summed E-state index contributed by atoms with van der Waals surface area (Å²) in [7, 11) is 1.78. The van der Waals surface area contributed by atoms with Crippen molar-refractivity contribution >= 4 is 41.3 Å². The van der Waals surface area contributed by atoms with Gasteiger partial charge < -0.3 is 15.4 Å². The van der Waals surface area contributed by atoms with Crippen molar-refractivity contribution in [2.45, 2.75) is 33.5 Å². The van der Waals surface area contributed by atoms with E-state index in [1.54, 1.807) is 18.4 Å². The Kier molecular flexibility index (Phi) is 9.40. The molecule has 0 fully saturated rings. The van der Waals surface area contributed by atoms with Crippen molar-refractivity contribution in [3.63, 3.8) is 0 Å². The van der Waals surface area contributed by atoms with E-state index in [0.29, 0.717) is 19.7 Å². The van der Waals surface area contributed by atoms with Crippen LogP contribution in [0.4, 0.5) is 0 Å². The van der Waals surface area contributed by atoms with Gasteiger partial charge in [-0.1, -0.05) is 48.5 Å². The molecule has 0 bridgehead atoms. The van der Waals surface area contributed by atoms with Gasteiger partial charge in [0.05, 0.1) is 17.2 Å². The molecule has 0 atom stereocenters. The van der Waals surface area contributed by atoms with Crippen molar-refractivity contribution in [3.05, 3.63) is 81.3 Å². The third-order valence-corrected chi connectivity index (χ3v) is 5.37. The average molecular weight is 522 g/mol. The average Bonchev–Trinajstić information content (AvgIpc) is 3.05. The van der Waals surface area contributed by atoms with E-state index < -0.39 is 0 Å². The van der Waals surface area contributed by atoms with Crippen molar-refractivity contribution in [2.75, 3.05) is 7.05 Å². The maximum atomic E-state index is 6.03. The highest BCUT2D eigenvalue weighted by atomic mass is 127. The Balaban J connectivity index is 0.00000300. The lowest BCUT2D eigenvalue weighted by molar-refractivity contribution is 0.302. The van der Waals surface area contributed by atoms with Crippen LogP contribution in [0.15, 0.2) is 59.6 Å². The Labute approximate surface area is 193 Å². The first-order valence-corrected chi connectivity index (χ1v) is 10.1. The number of aromatic nitrogens is 1. The fraction of sp³-hybridized carbons (Fsp3) is 0.273. The van der Waals surface area contributed by atoms with Crippen LogP contribution in [0.1, 0.15) is 26.7 Å². The summed E-state index contributed by atoms with van der Waals surface area (Å²) in [5, 5.41) is 7.80.